The van der Waals surface area contributed by atoms with E-state index >= 15 is 0 Å². The van der Waals surface area contributed by atoms with Gasteiger partial charge in [-0.2, -0.15) is 0 Å². The second-order valence-electron chi connectivity index (χ2n) is 4.85. The smallest absolute Gasteiger partial charge is 0.166 e. The van der Waals surface area contributed by atoms with Crippen molar-refractivity contribution in [1.29, 1.82) is 0 Å². The number of fused-ring (bicyclic) bond motifs is 1. The van der Waals surface area contributed by atoms with Crippen LogP contribution in [0, 0.1) is 0 Å². The summed E-state index contributed by atoms with van der Waals surface area (Å²) in [5.74, 6) is 1.73. The summed E-state index contributed by atoms with van der Waals surface area (Å²) in [4.78, 5) is 20.5. The number of rotatable bonds is 1. The van der Waals surface area contributed by atoms with E-state index in [9.17, 15) is 4.79 Å². The van der Waals surface area contributed by atoms with Crippen molar-refractivity contribution in [2.45, 2.75) is 50.9 Å². The fourth-order valence-corrected chi connectivity index (χ4v) is 2.78. The van der Waals surface area contributed by atoms with E-state index in [-0.39, 0.29) is 5.78 Å². The van der Waals surface area contributed by atoms with Crippen LogP contribution >= 0.6 is 0 Å². The van der Waals surface area contributed by atoms with Gasteiger partial charge in [0.15, 0.2) is 5.78 Å². The third kappa shape index (κ3) is 1.64. The highest BCUT2D eigenvalue weighted by molar-refractivity contribution is 5.99. The molecule has 0 atom stereocenters. The van der Waals surface area contributed by atoms with Crippen molar-refractivity contribution in [2.24, 2.45) is 0 Å². The molecule has 0 aromatic carbocycles. The summed E-state index contributed by atoms with van der Waals surface area (Å²) >= 11 is 0. The Morgan fingerprint density at radius 2 is 1.94 bits per heavy atom. The fourth-order valence-electron chi connectivity index (χ4n) is 2.78. The molecule has 16 heavy (non-hydrogen) atoms. The van der Waals surface area contributed by atoms with E-state index in [1.807, 2.05) is 0 Å². The predicted octanol–water partition coefficient (Wildman–Crippen LogP) is 2.65. The molecule has 2 aliphatic rings. The molecule has 0 aliphatic heterocycles. The number of carbonyl (C=O) groups is 1. The Morgan fingerprint density at radius 3 is 2.75 bits per heavy atom. The van der Waals surface area contributed by atoms with E-state index in [0.29, 0.717) is 12.3 Å². The standard InChI is InChI=1S/C13H16N2O/c16-12-7-6-11-10(12)8-14-13(15-11)9-4-2-1-3-5-9/h8-9H,1-7H2. The van der Waals surface area contributed by atoms with Crippen LogP contribution in [0.25, 0.3) is 0 Å². The van der Waals surface area contributed by atoms with E-state index < -0.39 is 0 Å². The van der Waals surface area contributed by atoms with Crippen molar-refractivity contribution in [3.63, 3.8) is 0 Å². The van der Waals surface area contributed by atoms with Crippen LogP contribution in [-0.2, 0) is 6.42 Å². The summed E-state index contributed by atoms with van der Waals surface area (Å²) in [6.07, 6.45) is 9.56. The molecule has 1 heterocycles. The maximum absolute atomic E-state index is 11.5. The molecule has 2 aliphatic carbocycles. The van der Waals surface area contributed by atoms with Crippen LogP contribution in [-0.4, -0.2) is 15.8 Å². The van der Waals surface area contributed by atoms with Gasteiger partial charge >= 0.3 is 0 Å². The number of aryl methyl sites for hydroxylation is 1. The van der Waals surface area contributed by atoms with E-state index in [2.05, 4.69) is 9.97 Å². The summed E-state index contributed by atoms with van der Waals surface area (Å²) in [5.41, 5.74) is 1.75. The third-order valence-electron chi connectivity index (χ3n) is 3.75. The molecule has 0 saturated heterocycles. The zero-order valence-corrected chi connectivity index (χ0v) is 9.41. The number of hydrogen-bond acceptors (Lipinski definition) is 3. The van der Waals surface area contributed by atoms with Gasteiger partial charge in [0, 0.05) is 18.5 Å². The number of hydrogen-bond donors (Lipinski definition) is 0. The molecule has 3 rings (SSSR count). The minimum absolute atomic E-state index is 0.213. The minimum Gasteiger partial charge on any atom is -0.294 e. The van der Waals surface area contributed by atoms with Crippen LogP contribution in [0.4, 0.5) is 0 Å². The second kappa shape index (κ2) is 3.96. The van der Waals surface area contributed by atoms with Crippen molar-refractivity contribution in [3.05, 3.63) is 23.3 Å². The van der Waals surface area contributed by atoms with E-state index in [1.54, 1.807) is 6.20 Å². The molecule has 0 bridgehead atoms. The Bertz CT molecular complexity index is 422. The summed E-state index contributed by atoms with van der Waals surface area (Å²) in [7, 11) is 0. The van der Waals surface area contributed by atoms with Gasteiger partial charge in [-0.25, -0.2) is 9.97 Å². The lowest BCUT2D eigenvalue weighted by atomic mass is 9.88. The Hall–Kier alpha value is -1.25. The number of aromatic nitrogens is 2. The van der Waals surface area contributed by atoms with Crippen molar-refractivity contribution < 1.29 is 4.79 Å². The monoisotopic (exact) mass is 216 g/mol. The molecule has 0 unspecified atom stereocenters. The molecular formula is C13H16N2O. The summed E-state index contributed by atoms with van der Waals surface area (Å²) in [6, 6.07) is 0. The first-order chi connectivity index (χ1) is 7.84. The van der Waals surface area contributed by atoms with Crippen LogP contribution < -0.4 is 0 Å². The van der Waals surface area contributed by atoms with Gasteiger partial charge in [-0.05, 0) is 19.3 Å². The Morgan fingerprint density at radius 1 is 1.12 bits per heavy atom. The van der Waals surface area contributed by atoms with Gasteiger partial charge in [-0.15, -0.1) is 0 Å². The van der Waals surface area contributed by atoms with Crippen molar-refractivity contribution in [3.8, 4) is 0 Å². The van der Waals surface area contributed by atoms with Crippen LogP contribution in [0.2, 0.25) is 0 Å². The Balaban J connectivity index is 1.89. The first-order valence-corrected chi connectivity index (χ1v) is 6.23. The van der Waals surface area contributed by atoms with Gasteiger partial charge in [0.05, 0.1) is 11.3 Å². The van der Waals surface area contributed by atoms with E-state index in [1.165, 1.54) is 32.1 Å². The molecule has 0 spiro atoms. The molecule has 0 N–H and O–H groups in total. The second-order valence-corrected chi connectivity index (χ2v) is 4.85. The van der Waals surface area contributed by atoms with Crippen LogP contribution in [0.5, 0.6) is 0 Å². The lowest BCUT2D eigenvalue weighted by Crippen LogP contribution is -2.10. The molecule has 1 aromatic rings. The van der Waals surface area contributed by atoms with Crippen LogP contribution in [0.1, 0.15) is 66.3 Å². The molecule has 3 heteroatoms. The lowest BCUT2D eigenvalue weighted by Gasteiger charge is -2.20. The quantitative estimate of drug-likeness (QED) is 0.724. The highest BCUT2D eigenvalue weighted by atomic mass is 16.1. The third-order valence-corrected chi connectivity index (χ3v) is 3.75. The molecule has 1 aromatic heterocycles. The first kappa shape index (κ1) is 9.94. The predicted molar refractivity (Wildman–Crippen MR) is 60.5 cm³/mol. The fraction of sp³-hybridized carbons (Fsp3) is 0.615. The number of nitrogens with zero attached hydrogens (tertiary/aromatic N) is 2. The number of Topliss-reactive ketones (excluding diaryl/α,β-unsaturated/α-hetero) is 1. The van der Waals surface area contributed by atoms with Gasteiger partial charge in [-0.3, -0.25) is 4.79 Å². The topological polar surface area (TPSA) is 42.9 Å². The summed E-state index contributed by atoms with van der Waals surface area (Å²) < 4.78 is 0. The minimum atomic E-state index is 0.213. The normalized spacial score (nSPS) is 21.1. The number of ketones is 1. The van der Waals surface area contributed by atoms with Crippen LogP contribution in [0.3, 0.4) is 0 Å². The van der Waals surface area contributed by atoms with E-state index in [0.717, 1.165) is 23.5 Å². The molecule has 0 radical (unpaired) electrons. The molecule has 84 valence electrons. The maximum atomic E-state index is 11.5. The number of carbonyl (C=O) groups excluding carboxylic acids is 1. The van der Waals surface area contributed by atoms with E-state index in [4.69, 9.17) is 0 Å². The van der Waals surface area contributed by atoms with Gasteiger partial charge in [0.1, 0.15) is 5.82 Å². The lowest BCUT2D eigenvalue weighted by molar-refractivity contribution is 0.0994. The first-order valence-electron chi connectivity index (χ1n) is 6.23. The zero-order valence-electron chi connectivity index (χ0n) is 9.41. The van der Waals surface area contributed by atoms with Gasteiger partial charge < -0.3 is 0 Å². The molecule has 0 amide bonds. The molecule has 1 saturated carbocycles. The highest BCUT2D eigenvalue weighted by Crippen LogP contribution is 2.31. The van der Waals surface area contributed by atoms with Crippen LogP contribution in [0.15, 0.2) is 6.20 Å². The van der Waals surface area contributed by atoms with Crippen molar-refractivity contribution in [1.82, 2.24) is 9.97 Å². The highest BCUT2D eigenvalue weighted by Gasteiger charge is 2.24. The van der Waals surface area contributed by atoms with Crippen molar-refractivity contribution in [2.75, 3.05) is 0 Å². The molecular weight excluding hydrogens is 200 g/mol. The maximum Gasteiger partial charge on any atom is 0.166 e. The zero-order chi connectivity index (χ0) is 11.0. The Kier molecular flexibility index (Phi) is 2.46. The largest absolute Gasteiger partial charge is 0.294 e. The van der Waals surface area contributed by atoms with Gasteiger partial charge in [0.2, 0.25) is 0 Å². The van der Waals surface area contributed by atoms with Crippen molar-refractivity contribution >= 4 is 5.78 Å². The molecule has 1 fully saturated rings. The SMILES string of the molecule is O=C1CCc2nc(C3CCCCC3)ncc21. The average Bonchev–Trinajstić information content (AvgIpc) is 2.72. The van der Waals surface area contributed by atoms with Gasteiger partial charge in [0.25, 0.3) is 0 Å². The average molecular weight is 216 g/mol. The Labute approximate surface area is 95.3 Å². The summed E-state index contributed by atoms with van der Waals surface area (Å²) in [5, 5.41) is 0. The molecule has 3 nitrogen and oxygen atoms in total. The summed E-state index contributed by atoms with van der Waals surface area (Å²) in [6.45, 7) is 0. The van der Waals surface area contributed by atoms with Gasteiger partial charge in [-0.1, -0.05) is 19.3 Å².